The number of anilines is 2. The number of halogens is 1. The van der Waals surface area contributed by atoms with Gasteiger partial charge in [0.25, 0.3) is 5.91 Å². The van der Waals surface area contributed by atoms with Gasteiger partial charge in [-0.05, 0) is 47.9 Å². The fourth-order valence-electron chi connectivity index (χ4n) is 3.58. The summed E-state index contributed by atoms with van der Waals surface area (Å²) in [6.07, 6.45) is 0.671. The van der Waals surface area contributed by atoms with Crippen LogP contribution in [0.25, 0.3) is 0 Å². The van der Waals surface area contributed by atoms with E-state index in [2.05, 4.69) is 16.0 Å². The number of hydrogen-bond donors (Lipinski definition) is 3. The lowest BCUT2D eigenvalue weighted by Gasteiger charge is -2.11. The van der Waals surface area contributed by atoms with Crippen molar-refractivity contribution in [2.24, 2.45) is 5.92 Å². The topological polar surface area (TPSA) is 87.3 Å². The summed E-state index contributed by atoms with van der Waals surface area (Å²) in [6, 6.07) is 22.3. The Balaban J connectivity index is 1.34. The first-order chi connectivity index (χ1) is 15.5. The Labute approximate surface area is 191 Å². The predicted octanol–water partition coefficient (Wildman–Crippen LogP) is 4.41. The van der Waals surface area contributed by atoms with E-state index in [1.54, 1.807) is 36.4 Å². The zero-order chi connectivity index (χ0) is 22.5. The standard InChI is InChI=1S/C25H22ClN3O3/c26-21-14-20(10-11-22(21)27-15-17-4-2-1-3-5-17)28-24(31)18-8-6-16(7-9-18)12-19-13-23(30)29-25(19)32/h1-11,14,19,27H,12-13,15H2,(H,28,31)(H,29,30,32). The number of carbonyl (C=O) groups excluding carboxylic acids is 3. The molecule has 0 radical (unpaired) electrons. The van der Waals surface area contributed by atoms with Gasteiger partial charge in [0.05, 0.1) is 16.6 Å². The van der Waals surface area contributed by atoms with Crippen LogP contribution >= 0.6 is 11.6 Å². The molecule has 4 rings (SSSR count). The molecule has 0 aliphatic carbocycles. The Hall–Kier alpha value is -3.64. The number of amides is 3. The van der Waals surface area contributed by atoms with Gasteiger partial charge in [0.2, 0.25) is 11.8 Å². The zero-order valence-electron chi connectivity index (χ0n) is 17.2. The maximum absolute atomic E-state index is 12.6. The smallest absolute Gasteiger partial charge is 0.255 e. The Bertz CT molecular complexity index is 1150. The molecule has 1 aliphatic rings. The maximum atomic E-state index is 12.6. The number of imide groups is 1. The van der Waals surface area contributed by atoms with Gasteiger partial charge in [0, 0.05) is 24.2 Å². The molecule has 0 saturated carbocycles. The SMILES string of the molecule is O=C1CC(Cc2ccc(C(=O)Nc3ccc(NCc4ccccc4)c(Cl)c3)cc2)C(=O)N1. The highest BCUT2D eigenvalue weighted by molar-refractivity contribution is 6.33. The minimum atomic E-state index is -0.349. The van der Waals surface area contributed by atoms with E-state index in [0.29, 0.717) is 29.2 Å². The summed E-state index contributed by atoms with van der Waals surface area (Å²) in [6.45, 7) is 0.648. The molecule has 0 bridgehead atoms. The second-order valence-corrected chi connectivity index (χ2v) is 8.11. The molecule has 162 valence electrons. The molecule has 7 heteroatoms. The summed E-state index contributed by atoms with van der Waals surface area (Å²) < 4.78 is 0. The molecule has 3 aromatic rings. The molecule has 0 aromatic heterocycles. The summed E-state index contributed by atoms with van der Waals surface area (Å²) in [5.41, 5.74) is 3.91. The van der Waals surface area contributed by atoms with Crippen LogP contribution < -0.4 is 16.0 Å². The number of carbonyl (C=O) groups is 3. The summed E-state index contributed by atoms with van der Waals surface area (Å²) in [4.78, 5) is 35.6. The molecule has 6 nitrogen and oxygen atoms in total. The van der Waals surface area contributed by atoms with E-state index in [1.807, 2.05) is 36.4 Å². The normalized spacial score (nSPS) is 15.3. The van der Waals surface area contributed by atoms with Crippen molar-refractivity contribution in [3.8, 4) is 0 Å². The van der Waals surface area contributed by atoms with E-state index in [9.17, 15) is 14.4 Å². The van der Waals surface area contributed by atoms with E-state index in [1.165, 1.54) is 0 Å². The van der Waals surface area contributed by atoms with E-state index < -0.39 is 0 Å². The third-order valence-electron chi connectivity index (χ3n) is 5.32. The number of nitrogens with one attached hydrogen (secondary N) is 3. The highest BCUT2D eigenvalue weighted by Gasteiger charge is 2.30. The van der Waals surface area contributed by atoms with Crippen LogP contribution in [0.15, 0.2) is 72.8 Å². The van der Waals surface area contributed by atoms with Crippen LogP contribution in [-0.2, 0) is 22.6 Å². The lowest BCUT2D eigenvalue weighted by Crippen LogP contribution is -2.22. The quantitative estimate of drug-likeness (QED) is 0.468. The van der Waals surface area contributed by atoms with E-state index in [-0.39, 0.29) is 30.1 Å². The average Bonchev–Trinajstić information content (AvgIpc) is 3.10. The van der Waals surface area contributed by atoms with Gasteiger partial charge in [-0.25, -0.2) is 0 Å². The molecule has 3 amide bonds. The molecule has 3 aromatic carbocycles. The van der Waals surface area contributed by atoms with Gasteiger partial charge >= 0.3 is 0 Å². The molecule has 1 fully saturated rings. The molecular weight excluding hydrogens is 426 g/mol. The monoisotopic (exact) mass is 447 g/mol. The Morgan fingerprint density at radius 1 is 0.969 bits per heavy atom. The van der Waals surface area contributed by atoms with Crippen molar-refractivity contribution in [1.29, 1.82) is 0 Å². The minimum Gasteiger partial charge on any atom is -0.380 e. The fraction of sp³-hybridized carbons (Fsp3) is 0.160. The van der Waals surface area contributed by atoms with Gasteiger partial charge in [-0.1, -0.05) is 54.1 Å². The van der Waals surface area contributed by atoms with Crippen LogP contribution in [0.3, 0.4) is 0 Å². The fourth-order valence-corrected chi connectivity index (χ4v) is 3.83. The van der Waals surface area contributed by atoms with Crippen LogP contribution in [0.2, 0.25) is 5.02 Å². The van der Waals surface area contributed by atoms with Crippen molar-refractivity contribution in [2.45, 2.75) is 19.4 Å². The van der Waals surface area contributed by atoms with E-state index in [0.717, 1.165) is 16.8 Å². The van der Waals surface area contributed by atoms with Crippen molar-refractivity contribution < 1.29 is 14.4 Å². The van der Waals surface area contributed by atoms with E-state index in [4.69, 9.17) is 11.6 Å². The molecule has 1 atom stereocenters. The van der Waals surface area contributed by atoms with E-state index >= 15 is 0 Å². The number of benzene rings is 3. The molecule has 0 spiro atoms. The van der Waals surface area contributed by atoms with Gasteiger partial charge in [0.1, 0.15) is 0 Å². The Kier molecular flexibility index (Phi) is 6.52. The Morgan fingerprint density at radius 2 is 1.72 bits per heavy atom. The van der Waals surface area contributed by atoms with Gasteiger partial charge in [-0.3, -0.25) is 19.7 Å². The summed E-state index contributed by atoms with van der Waals surface area (Å²) in [5.74, 6) is -1.09. The second-order valence-electron chi connectivity index (χ2n) is 7.70. The average molecular weight is 448 g/mol. The third-order valence-corrected chi connectivity index (χ3v) is 5.63. The maximum Gasteiger partial charge on any atom is 0.255 e. The van der Waals surface area contributed by atoms with Gasteiger partial charge < -0.3 is 10.6 Å². The first kappa shape index (κ1) is 21.6. The molecule has 32 heavy (non-hydrogen) atoms. The molecule has 1 saturated heterocycles. The van der Waals surface area contributed by atoms with Crippen LogP contribution in [0.5, 0.6) is 0 Å². The highest BCUT2D eigenvalue weighted by atomic mass is 35.5. The highest BCUT2D eigenvalue weighted by Crippen LogP contribution is 2.26. The van der Waals surface area contributed by atoms with Gasteiger partial charge in [0.15, 0.2) is 0 Å². The Morgan fingerprint density at radius 3 is 2.38 bits per heavy atom. The van der Waals surface area contributed by atoms with Crippen LogP contribution in [0, 0.1) is 5.92 Å². The minimum absolute atomic E-state index is 0.206. The van der Waals surface area contributed by atoms with Crippen molar-refractivity contribution >= 4 is 40.7 Å². The molecule has 1 unspecified atom stereocenters. The largest absolute Gasteiger partial charge is 0.380 e. The summed E-state index contributed by atoms with van der Waals surface area (Å²) in [7, 11) is 0. The first-order valence-corrected chi connectivity index (χ1v) is 10.7. The first-order valence-electron chi connectivity index (χ1n) is 10.3. The van der Waals surface area contributed by atoms with Crippen LogP contribution in [0.4, 0.5) is 11.4 Å². The van der Waals surface area contributed by atoms with Crippen LogP contribution in [-0.4, -0.2) is 17.7 Å². The van der Waals surface area contributed by atoms with Crippen molar-refractivity contribution in [1.82, 2.24) is 5.32 Å². The van der Waals surface area contributed by atoms with Crippen molar-refractivity contribution in [2.75, 3.05) is 10.6 Å². The lowest BCUT2D eigenvalue weighted by atomic mass is 9.97. The number of hydrogen-bond acceptors (Lipinski definition) is 4. The summed E-state index contributed by atoms with van der Waals surface area (Å²) >= 11 is 6.38. The summed E-state index contributed by atoms with van der Waals surface area (Å²) in [5, 5.41) is 8.96. The van der Waals surface area contributed by atoms with Crippen molar-refractivity contribution in [3.05, 3.63) is 94.5 Å². The van der Waals surface area contributed by atoms with Crippen LogP contribution in [0.1, 0.15) is 27.9 Å². The zero-order valence-corrected chi connectivity index (χ0v) is 18.0. The molecule has 3 N–H and O–H groups in total. The predicted molar refractivity (Wildman–Crippen MR) is 125 cm³/mol. The lowest BCUT2D eigenvalue weighted by molar-refractivity contribution is -0.125. The molecular formula is C25H22ClN3O3. The number of rotatable bonds is 7. The second kappa shape index (κ2) is 9.66. The molecule has 1 heterocycles. The van der Waals surface area contributed by atoms with Crippen molar-refractivity contribution in [3.63, 3.8) is 0 Å². The van der Waals surface area contributed by atoms with Gasteiger partial charge in [-0.15, -0.1) is 0 Å². The van der Waals surface area contributed by atoms with Gasteiger partial charge in [-0.2, -0.15) is 0 Å². The molecule has 1 aliphatic heterocycles. The third kappa shape index (κ3) is 5.34.